The fourth-order valence-corrected chi connectivity index (χ4v) is 4.23. The molecule has 0 radical (unpaired) electrons. The van der Waals surface area contributed by atoms with Crippen LogP contribution < -0.4 is 5.32 Å². The molecule has 1 amide bonds. The van der Waals surface area contributed by atoms with E-state index in [4.69, 9.17) is 0 Å². The molecule has 158 valence electrons. The van der Waals surface area contributed by atoms with Crippen LogP contribution in [0.15, 0.2) is 23.7 Å². The molecule has 9 nitrogen and oxygen atoms in total. The second kappa shape index (κ2) is 8.58. The lowest BCUT2D eigenvalue weighted by Crippen LogP contribution is -2.35. The van der Waals surface area contributed by atoms with Crippen molar-refractivity contribution in [3.05, 3.63) is 35.1 Å². The van der Waals surface area contributed by atoms with Crippen LogP contribution in [0.3, 0.4) is 0 Å². The minimum Gasteiger partial charge on any atom is -0.309 e. The second-order valence-corrected chi connectivity index (χ2v) is 8.70. The number of aryl methyl sites for hydroxylation is 2. The molecule has 1 atom stereocenters. The highest BCUT2D eigenvalue weighted by atomic mass is 32.1. The first-order valence-electron chi connectivity index (χ1n) is 9.90. The van der Waals surface area contributed by atoms with Crippen molar-refractivity contribution in [2.24, 2.45) is 0 Å². The van der Waals surface area contributed by atoms with Crippen molar-refractivity contribution in [3.63, 3.8) is 0 Å². The van der Waals surface area contributed by atoms with Crippen LogP contribution in [-0.4, -0.2) is 80.2 Å². The van der Waals surface area contributed by atoms with E-state index in [0.29, 0.717) is 35.1 Å². The average molecular weight is 427 g/mol. The number of hydrogen-bond donors (Lipinski definition) is 1. The molecule has 0 bridgehead atoms. The first kappa shape index (κ1) is 20.6. The van der Waals surface area contributed by atoms with Crippen LogP contribution >= 0.6 is 11.3 Å². The predicted molar refractivity (Wildman–Crippen MR) is 117 cm³/mol. The topological polar surface area (TPSA) is 92.1 Å². The van der Waals surface area contributed by atoms with Crippen LogP contribution in [-0.2, 0) is 4.79 Å². The predicted octanol–water partition coefficient (Wildman–Crippen LogP) is 1.98. The van der Waals surface area contributed by atoms with Crippen LogP contribution in [0.4, 0.5) is 5.82 Å². The van der Waals surface area contributed by atoms with Crippen molar-refractivity contribution in [2.45, 2.75) is 26.3 Å². The zero-order chi connectivity index (χ0) is 21.3. The van der Waals surface area contributed by atoms with Crippen molar-refractivity contribution in [3.8, 4) is 16.6 Å². The van der Waals surface area contributed by atoms with Gasteiger partial charge in [0.05, 0.1) is 12.2 Å². The van der Waals surface area contributed by atoms with Gasteiger partial charge in [-0.25, -0.2) is 19.6 Å². The minimum atomic E-state index is -0.0856. The van der Waals surface area contributed by atoms with Gasteiger partial charge in [0.25, 0.3) is 0 Å². The summed E-state index contributed by atoms with van der Waals surface area (Å²) in [6, 6.07) is 4.23. The van der Waals surface area contributed by atoms with Crippen LogP contribution in [0.5, 0.6) is 0 Å². The molecule has 3 aromatic rings. The van der Waals surface area contributed by atoms with Gasteiger partial charge < -0.3 is 10.2 Å². The highest BCUT2D eigenvalue weighted by Gasteiger charge is 2.25. The minimum absolute atomic E-state index is 0.0856. The summed E-state index contributed by atoms with van der Waals surface area (Å²) < 4.78 is 1.76. The number of nitrogens with one attached hydrogen (secondary N) is 1. The van der Waals surface area contributed by atoms with E-state index in [9.17, 15) is 4.79 Å². The van der Waals surface area contributed by atoms with Gasteiger partial charge >= 0.3 is 0 Å². The van der Waals surface area contributed by atoms with Gasteiger partial charge in [-0.05, 0) is 40.4 Å². The molecule has 10 heteroatoms. The van der Waals surface area contributed by atoms with Crippen molar-refractivity contribution in [2.75, 3.05) is 39.0 Å². The van der Waals surface area contributed by atoms with Gasteiger partial charge in [0, 0.05) is 42.5 Å². The SMILES string of the molecule is Cc1cc(C)n(-c2cc(NC(=O)CN3CC[C@H](N(C)C)C3)nc(-c3nccs3)n2)n1. The lowest BCUT2D eigenvalue weighted by atomic mass is 10.2. The second-order valence-electron chi connectivity index (χ2n) is 7.80. The standard InChI is InChI=1S/C20H26N8OS/c1-13-9-14(2)28(25-13)17-10-16(23-19(24-17)20-21-6-8-30-20)22-18(29)12-27-7-5-15(11-27)26(3)4/h6,8-10,15H,5,7,11-12H2,1-4H3,(H,22,23,24,29)/t15-/m0/s1. The first-order chi connectivity index (χ1) is 14.4. The molecular weight excluding hydrogens is 400 g/mol. The molecule has 1 saturated heterocycles. The number of thiazole rings is 1. The van der Waals surface area contributed by atoms with E-state index < -0.39 is 0 Å². The monoisotopic (exact) mass is 426 g/mol. The van der Waals surface area contributed by atoms with Gasteiger partial charge in [-0.1, -0.05) is 0 Å². The van der Waals surface area contributed by atoms with Crippen molar-refractivity contribution >= 4 is 23.1 Å². The summed E-state index contributed by atoms with van der Waals surface area (Å²) in [5, 5.41) is 10.0. The maximum atomic E-state index is 12.7. The van der Waals surface area contributed by atoms with Gasteiger partial charge in [0.2, 0.25) is 5.91 Å². The summed E-state index contributed by atoms with van der Waals surface area (Å²) in [5.41, 5.74) is 1.86. The van der Waals surface area contributed by atoms with Gasteiger partial charge in [0.1, 0.15) is 5.82 Å². The third kappa shape index (κ3) is 4.55. The van der Waals surface area contributed by atoms with Crippen molar-refractivity contribution in [1.82, 2.24) is 34.5 Å². The molecule has 0 aromatic carbocycles. The van der Waals surface area contributed by atoms with E-state index in [-0.39, 0.29) is 5.91 Å². The summed E-state index contributed by atoms with van der Waals surface area (Å²) in [6.07, 6.45) is 2.79. The van der Waals surface area contributed by atoms with Crippen molar-refractivity contribution in [1.29, 1.82) is 0 Å². The number of carbonyl (C=O) groups is 1. The number of likely N-dealkylation sites (N-methyl/N-ethyl adjacent to an activating group) is 1. The number of carbonyl (C=O) groups excluding carboxylic acids is 1. The van der Waals surface area contributed by atoms with Gasteiger partial charge in [-0.3, -0.25) is 9.69 Å². The van der Waals surface area contributed by atoms with Crippen LogP contribution in [0.1, 0.15) is 17.8 Å². The summed E-state index contributed by atoms with van der Waals surface area (Å²) in [6.45, 7) is 6.06. The van der Waals surface area contributed by atoms with E-state index in [1.807, 2.05) is 25.3 Å². The molecule has 0 aliphatic carbocycles. The highest BCUT2D eigenvalue weighted by molar-refractivity contribution is 7.13. The van der Waals surface area contributed by atoms with E-state index in [2.05, 4.69) is 49.3 Å². The van der Waals surface area contributed by atoms with E-state index >= 15 is 0 Å². The Kier molecular flexibility index (Phi) is 5.89. The number of aromatic nitrogens is 5. The fraction of sp³-hybridized carbons (Fsp3) is 0.450. The van der Waals surface area contributed by atoms with Crippen LogP contribution in [0.2, 0.25) is 0 Å². The third-order valence-corrected chi connectivity index (χ3v) is 5.94. The smallest absolute Gasteiger partial charge is 0.239 e. The zero-order valence-electron chi connectivity index (χ0n) is 17.7. The normalized spacial score (nSPS) is 17.0. The van der Waals surface area contributed by atoms with Gasteiger partial charge in [-0.15, -0.1) is 11.3 Å². The molecule has 0 spiro atoms. The Bertz CT molecular complexity index is 1030. The molecular formula is C20H26N8OS. The maximum absolute atomic E-state index is 12.7. The molecule has 0 saturated carbocycles. The Balaban J connectivity index is 1.56. The molecule has 1 aliphatic heterocycles. The Morgan fingerprint density at radius 2 is 2.13 bits per heavy atom. The largest absolute Gasteiger partial charge is 0.309 e. The zero-order valence-corrected chi connectivity index (χ0v) is 18.5. The molecule has 3 aromatic heterocycles. The Hall–Kier alpha value is -2.69. The Morgan fingerprint density at radius 3 is 2.77 bits per heavy atom. The Morgan fingerprint density at radius 1 is 1.30 bits per heavy atom. The number of likely N-dealkylation sites (tertiary alicyclic amines) is 1. The number of rotatable bonds is 6. The van der Waals surface area contributed by atoms with Gasteiger partial charge in [0.15, 0.2) is 16.6 Å². The van der Waals surface area contributed by atoms with Crippen molar-refractivity contribution < 1.29 is 4.79 Å². The highest BCUT2D eigenvalue weighted by Crippen LogP contribution is 2.22. The Labute approximate surface area is 179 Å². The molecule has 4 rings (SSSR count). The van der Waals surface area contributed by atoms with E-state index in [1.165, 1.54) is 11.3 Å². The number of amides is 1. The fourth-order valence-electron chi connectivity index (χ4n) is 3.66. The lowest BCUT2D eigenvalue weighted by molar-refractivity contribution is -0.117. The van der Waals surface area contributed by atoms with Crippen LogP contribution in [0.25, 0.3) is 16.6 Å². The molecule has 0 unspecified atom stereocenters. The summed E-state index contributed by atoms with van der Waals surface area (Å²) >= 11 is 1.45. The third-order valence-electron chi connectivity index (χ3n) is 5.18. The summed E-state index contributed by atoms with van der Waals surface area (Å²) in [7, 11) is 4.16. The molecule has 30 heavy (non-hydrogen) atoms. The number of nitrogens with zero attached hydrogens (tertiary/aromatic N) is 7. The number of hydrogen-bond acceptors (Lipinski definition) is 8. The number of anilines is 1. The van der Waals surface area contributed by atoms with E-state index in [1.54, 1.807) is 16.9 Å². The maximum Gasteiger partial charge on any atom is 0.239 e. The van der Waals surface area contributed by atoms with Crippen LogP contribution in [0, 0.1) is 13.8 Å². The van der Waals surface area contributed by atoms with Gasteiger partial charge in [-0.2, -0.15) is 5.10 Å². The summed E-state index contributed by atoms with van der Waals surface area (Å²) in [4.78, 5) is 30.6. The molecule has 1 fully saturated rings. The lowest BCUT2D eigenvalue weighted by Gasteiger charge is -2.20. The quantitative estimate of drug-likeness (QED) is 0.644. The first-order valence-corrected chi connectivity index (χ1v) is 10.8. The molecule has 1 N–H and O–H groups in total. The average Bonchev–Trinajstić information content (AvgIpc) is 3.42. The molecule has 1 aliphatic rings. The summed E-state index contributed by atoms with van der Waals surface area (Å²) in [5.74, 6) is 1.44. The molecule has 4 heterocycles. The van der Waals surface area contributed by atoms with E-state index in [0.717, 1.165) is 30.9 Å².